The molecule has 0 amide bonds. The molecule has 2 unspecified atom stereocenters. The van der Waals surface area contributed by atoms with Gasteiger partial charge in [-0.3, -0.25) is 10.1 Å². The summed E-state index contributed by atoms with van der Waals surface area (Å²) in [7, 11) is -2.95. The van der Waals surface area contributed by atoms with Crippen molar-refractivity contribution in [2.45, 2.75) is 25.8 Å². The van der Waals surface area contributed by atoms with Gasteiger partial charge >= 0.3 is 5.00 Å². The fourth-order valence-corrected chi connectivity index (χ4v) is 5.32. The first-order valence-corrected chi connectivity index (χ1v) is 9.24. The van der Waals surface area contributed by atoms with Crippen molar-refractivity contribution in [3.05, 3.63) is 27.1 Å². The summed E-state index contributed by atoms with van der Waals surface area (Å²) in [5.74, 6) is 0.389. The summed E-state index contributed by atoms with van der Waals surface area (Å²) in [6.45, 7) is 2.80. The SMILES string of the molecule is CCCNC(c1ccc([N+](=O)[O-])s1)C1CCS(=O)(=O)C1. The molecule has 2 heterocycles. The Morgan fingerprint density at radius 1 is 1.55 bits per heavy atom. The number of rotatable bonds is 6. The molecule has 6 nitrogen and oxygen atoms in total. The maximum Gasteiger partial charge on any atom is 0.324 e. The predicted octanol–water partition coefficient (Wildman–Crippen LogP) is 2.13. The molecule has 2 rings (SSSR count). The van der Waals surface area contributed by atoms with Crippen LogP contribution in [0.3, 0.4) is 0 Å². The van der Waals surface area contributed by atoms with Crippen LogP contribution in [-0.4, -0.2) is 31.4 Å². The highest BCUT2D eigenvalue weighted by molar-refractivity contribution is 7.91. The number of nitrogens with one attached hydrogen (secondary N) is 1. The van der Waals surface area contributed by atoms with Gasteiger partial charge in [0, 0.05) is 17.0 Å². The van der Waals surface area contributed by atoms with E-state index < -0.39 is 14.8 Å². The molecule has 0 radical (unpaired) electrons. The van der Waals surface area contributed by atoms with Crippen molar-refractivity contribution in [2.24, 2.45) is 5.92 Å². The number of hydrogen-bond donors (Lipinski definition) is 1. The average Bonchev–Trinajstić information content (AvgIpc) is 2.97. The highest BCUT2D eigenvalue weighted by atomic mass is 32.2. The minimum Gasteiger partial charge on any atom is -0.309 e. The summed E-state index contributed by atoms with van der Waals surface area (Å²) in [6, 6.07) is 3.12. The quantitative estimate of drug-likeness (QED) is 0.641. The third-order valence-corrected chi connectivity index (χ3v) is 6.37. The van der Waals surface area contributed by atoms with Crippen molar-refractivity contribution in [3.8, 4) is 0 Å². The number of nitrogens with zero attached hydrogens (tertiary/aromatic N) is 1. The van der Waals surface area contributed by atoms with Crippen LogP contribution in [-0.2, 0) is 9.84 Å². The second kappa shape index (κ2) is 6.19. The van der Waals surface area contributed by atoms with E-state index in [1.165, 1.54) is 6.07 Å². The molecule has 0 aromatic carbocycles. The van der Waals surface area contributed by atoms with E-state index in [0.29, 0.717) is 6.42 Å². The van der Waals surface area contributed by atoms with Crippen LogP contribution in [0.1, 0.15) is 30.7 Å². The van der Waals surface area contributed by atoms with E-state index in [9.17, 15) is 18.5 Å². The van der Waals surface area contributed by atoms with E-state index in [4.69, 9.17) is 0 Å². The Balaban J connectivity index is 2.20. The Bertz CT molecular complexity index is 582. The maximum atomic E-state index is 11.6. The lowest BCUT2D eigenvalue weighted by atomic mass is 9.97. The molecule has 1 aromatic rings. The second-order valence-electron chi connectivity index (χ2n) is 5.03. The summed E-state index contributed by atoms with van der Waals surface area (Å²) >= 11 is 1.13. The van der Waals surface area contributed by atoms with Gasteiger partial charge in [0.2, 0.25) is 0 Å². The summed E-state index contributed by atoms with van der Waals surface area (Å²) in [5, 5.41) is 14.2. The number of hydrogen-bond acceptors (Lipinski definition) is 6. The van der Waals surface area contributed by atoms with Crippen molar-refractivity contribution >= 4 is 26.2 Å². The normalized spacial score (nSPS) is 22.8. The Hall–Kier alpha value is -0.990. The summed E-state index contributed by atoms with van der Waals surface area (Å²) in [5.41, 5.74) is 0. The Morgan fingerprint density at radius 2 is 2.30 bits per heavy atom. The van der Waals surface area contributed by atoms with Crippen molar-refractivity contribution in [1.82, 2.24) is 5.32 Å². The van der Waals surface area contributed by atoms with Gasteiger partial charge in [0.25, 0.3) is 0 Å². The smallest absolute Gasteiger partial charge is 0.309 e. The van der Waals surface area contributed by atoms with E-state index >= 15 is 0 Å². The molecule has 20 heavy (non-hydrogen) atoms. The lowest BCUT2D eigenvalue weighted by Crippen LogP contribution is -2.29. The number of nitro groups is 1. The molecule has 0 saturated carbocycles. The topological polar surface area (TPSA) is 89.3 Å². The molecule has 0 spiro atoms. The second-order valence-corrected chi connectivity index (χ2v) is 8.35. The molecular formula is C12H18N2O4S2. The van der Waals surface area contributed by atoms with Crippen LogP contribution in [0, 0.1) is 16.0 Å². The van der Waals surface area contributed by atoms with Crippen molar-refractivity contribution in [1.29, 1.82) is 0 Å². The van der Waals surface area contributed by atoms with Crippen LogP contribution in [0.5, 0.6) is 0 Å². The van der Waals surface area contributed by atoms with E-state index in [1.807, 2.05) is 6.92 Å². The van der Waals surface area contributed by atoms with Crippen LogP contribution in [0.4, 0.5) is 5.00 Å². The number of sulfone groups is 1. The Labute approximate surface area is 122 Å². The standard InChI is InChI=1S/C12H18N2O4S2/c1-2-6-13-12(9-5-7-20(17,18)8-9)10-3-4-11(19-10)14(15)16/h3-4,9,12-13H,2,5-8H2,1H3. The van der Waals surface area contributed by atoms with Gasteiger partial charge in [-0.2, -0.15) is 0 Å². The van der Waals surface area contributed by atoms with E-state index in [1.54, 1.807) is 6.07 Å². The van der Waals surface area contributed by atoms with Gasteiger partial charge in [-0.15, -0.1) is 0 Å². The minimum atomic E-state index is -2.95. The first-order valence-electron chi connectivity index (χ1n) is 6.61. The van der Waals surface area contributed by atoms with Gasteiger partial charge in [-0.25, -0.2) is 8.42 Å². The van der Waals surface area contributed by atoms with Crippen LogP contribution >= 0.6 is 11.3 Å². The van der Waals surface area contributed by atoms with Crippen molar-refractivity contribution in [2.75, 3.05) is 18.1 Å². The van der Waals surface area contributed by atoms with E-state index in [-0.39, 0.29) is 28.5 Å². The number of thiophene rings is 1. The van der Waals surface area contributed by atoms with Gasteiger partial charge in [-0.05, 0) is 31.4 Å². The zero-order valence-electron chi connectivity index (χ0n) is 11.2. The maximum absolute atomic E-state index is 11.6. The average molecular weight is 318 g/mol. The van der Waals surface area contributed by atoms with Crippen LogP contribution in [0.25, 0.3) is 0 Å². The zero-order valence-corrected chi connectivity index (χ0v) is 12.9. The Kier molecular flexibility index (Phi) is 4.77. The van der Waals surface area contributed by atoms with E-state index in [0.717, 1.165) is 29.2 Å². The highest BCUT2D eigenvalue weighted by Gasteiger charge is 2.35. The molecule has 1 fully saturated rings. The van der Waals surface area contributed by atoms with Gasteiger partial charge in [0.05, 0.1) is 16.4 Å². The monoisotopic (exact) mass is 318 g/mol. The first-order chi connectivity index (χ1) is 9.43. The molecule has 1 aromatic heterocycles. The van der Waals surface area contributed by atoms with Crippen molar-refractivity contribution in [3.63, 3.8) is 0 Å². The largest absolute Gasteiger partial charge is 0.324 e. The van der Waals surface area contributed by atoms with Gasteiger partial charge in [-0.1, -0.05) is 18.3 Å². The molecule has 1 N–H and O–H groups in total. The zero-order chi connectivity index (χ0) is 14.8. The third kappa shape index (κ3) is 3.56. The third-order valence-electron chi connectivity index (χ3n) is 3.45. The molecule has 0 bridgehead atoms. The fraction of sp³-hybridized carbons (Fsp3) is 0.667. The molecular weight excluding hydrogens is 300 g/mol. The molecule has 2 atom stereocenters. The fourth-order valence-electron chi connectivity index (χ4n) is 2.49. The van der Waals surface area contributed by atoms with Gasteiger partial charge < -0.3 is 5.32 Å². The summed E-state index contributed by atoms with van der Waals surface area (Å²) in [6.07, 6.45) is 1.55. The molecule has 112 valence electrons. The molecule has 0 aliphatic carbocycles. The lowest BCUT2D eigenvalue weighted by Gasteiger charge is -2.22. The van der Waals surface area contributed by atoms with Crippen LogP contribution in [0.2, 0.25) is 0 Å². The lowest BCUT2D eigenvalue weighted by molar-refractivity contribution is -0.380. The molecule has 1 aliphatic heterocycles. The van der Waals surface area contributed by atoms with Gasteiger partial charge in [0.1, 0.15) is 0 Å². The minimum absolute atomic E-state index is 0.00445. The highest BCUT2D eigenvalue weighted by Crippen LogP contribution is 2.37. The molecule has 8 heteroatoms. The predicted molar refractivity (Wildman–Crippen MR) is 78.8 cm³/mol. The first kappa shape index (κ1) is 15.4. The molecule has 1 saturated heterocycles. The van der Waals surface area contributed by atoms with Gasteiger partial charge in [0.15, 0.2) is 9.84 Å². The van der Waals surface area contributed by atoms with E-state index in [2.05, 4.69) is 5.32 Å². The summed E-state index contributed by atoms with van der Waals surface area (Å²) in [4.78, 5) is 11.2. The van der Waals surface area contributed by atoms with Crippen molar-refractivity contribution < 1.29 is 13.3 Å². The van der Waals surface area contributed by atoms with Crippen LogP contribution in [0.15, 0.2) is 12.1 Å². The molecule has 1 aliphatic rings. The Morgan fingerprint density at radius 3 is 2.80 bits per heavy atom. The summed E-state index contributed by atoms with van der Waals surface area (Å²) < 4.78 is 23.3. The van der Waals surface area contributed by atoms with Crippen LogP contribution < -0.4 is 5.32 Å².